The number of carbonyl (C=O) groups excluding carboxylic acids is 3. The molecule has 2 saturated heterocycles. The first-order valence-electron chi connectivity index (χ1n) is 9.86. The maximum Gasteiger partial charge on any atom is 0.251 e. The van der Waals surface area contributed by atoms with Gasteiger partial charge in [-0.1, -0.05) is 0 Å². The van der Waals surface area contributed by atoms with Gasteiger partial charge in [-0.2, -0.15) is 0 Å². The largest absolute Gasteiger partial charge is 0.352 e. The molecule has 2 aliphatic rings. The maximum absolute atomic E-state index is 12.9. The summed E-state index contributed by atoms with van der Waals surface area (Å²) in [5, 5.41) is 5.82. The van der Waals surface area contributed by atoms with E-state index < -0.39 is 0 Å². The summed E-state index contributed by atoms with van der Waals surface area (Å²) in [6.45, 7) is 3.56. The highest BCUT2D eigenvalue weighted by Crippen LogP contribution is 2.18. The lowest BCUT2D eigenvalue weighted by Crippen LogP contribution is -2.57. The average Bonchev–Trinajstić information content (AvgIpc) is 2.72. The molecule has 0 saturated carbocycles. The normalized spacial score (nSPS) is 20.2. The summed E-state index contributed by atoms with van der Waals surface area (Å²) >= 11 is 0. The molecule has 28 heavy (non-hydrogen) atoms. The van der Waals surface area contributed by atoms with E-state index >= 15 is 0 Å². The van der Waals surface area contributed by atoms with E-state index in [4.69, 9.17) is 0 Å². The van der Waals surface area contributed by atoms with E-state index in [1.807, 2.05) is 9.80 Å². The number of rotatable bonds is 6. The molecule has 0 aromatic heterocycles. The quantitative estimate of drug-likeness (QED) is 0.703. The SMILES string of the molecule is O=C(NCCCC(=O)N1CCCC(N2CCNCC2=O)C1)c1ccc(F)cc1. The van der Waals surface area contributed by atoms with Crippen LogP contribution in [0, 0.1) is 5.82 Å². The predicted octanol–water partition coefficient (Wildman–Crippen LogP) is 0.759. The van der Waals surface area contributed by atoms with Gasteiger partial charge < -0.3 is 20.4 Å². The lowest BCUT2D eigenvalue weighted by Gasteiger charge is -2.41. The molecule has 1 unspecified atom stereocenters. The van der Waals surface area contributed by atoms with Crippen LogP contribution in [0.25, 0.3) is 0 Å². The molecule has 152 valence electrons. The maximum atomic E-state index is 12.9. The molecule has 1 atom stereocenters. The van der Waals surface area contributed by atoms with Gasteiger partial charge in [-0.05, 0) is 43.5 Å². The molecule has 3 rings (SSSR count). The van der Waals surface area contributed by atoms with Crippen LogP contribution in [0.15, 0.2) is 24.3 Å². The summed E-state index contributed by atoms with van der Waals surface area (Å²) in [4.78, 5) is 40.3. The topological polar surface area (TPSA) is 81.8 Å². The first kappa shape index (κ1) is 20.3. The van der Waals surface area contributed by atoms with E-state index in [1.54, 1.807) is 0 Å². The fourth-order valence-corrected chi connectivity index (χ4v) is 3.75. The van der Waals surface area contributed by atoms with E-state index in [9.17, 15) is 18.8 Å². The molecule has 3 amide bonds. The van der Waals surface area contributed by atoms with Crippen LogP contribution in [0.1, 0.15) is 36.0 Å². The van der Waals surface area contributed by atoms with Gasteiger partial charge in [0, 0.05) is 50.7 Å². The van der Waals surface area contributed by atoms with Crippen LogP contribution in [0.5, 0.6) is 0 Å². The fourth-order valence-electron chi connectivity index (χ4n) is 3.75. The summed E-state index contributed by atoms with van der Waals surface area (Å²) in [6.07, 6.45) is 2.73. The van der Waals surface area contributed by atoms with E-state index in [2.05, 4.69) is 10.6 Å². The molecule has 2 heterocycles. The number of likely N-dealkylation sites (tertiary alicyclic amines) is 1. The highest BCUT2D eigenvalue weighted by molar-refractivity contribution is 5.94. The smallest absolute Gasteiger partial charge is 0.251 e. The highest BCUT2D eigenvalue weighted by Gasteiger charge is 2.31. The molecule has 0 spiro atoms. The number of piperazine rings is 1. The van der Waals surface area contributed by atoms with Gasteiger partial charge in [-0.25, -0.2) is 4.39 Å². The van der Waals surface area contributed by atoms with Crippen molar-refractivity contribution in [3.8, 4) is 0 Å². The highest BCUT2D eigenvalue weighted by atomic mass is 19.1. The van der Waals surface area contributed by atoms with Crippen molar-refractivity contribution in [2.75, 3.05) is 39.3 Å². The first-order valence-corrected chi connectivity index (χ1v) is 9.86. The molecule has 0 bridgehead atoms. The second-order valence-corrected chi connectivity index (χ2v) is 7.27. The van der Waals surface area contributed by atoms with E-state index in [0.717, 1.165) is 25.9 Å². The zero-order valence-electron chi connectivity index (χ0n) is 16.0. The predicted molar refractivity (Wildman–Crippen MR) is 102 cm³/mol. The second kappa shape index (κ2) is 9.64. The Hall–Kier alpha value is -2.48. The van der Waals surface area contributed by atoms with Crippen LogP contribution in [-0.4, -0.2) is 72.8 Å². The zero-order valence-corrected chi connectivity index (χ0v) is 16.0. The van der Waals surface area contributed by atoms with E-state index in [0.29, 0.717) is 44.6 Å². The third-order valence-corrected chi connectivity index (χ3v) is 5.28. The number of hydrogen-bond acceptors (Lipinski definition) is 4. The average molecular weight is 390 g/mol. The summed E-state index contributed by atoms with van der Waals surface area (Å²) in [5.74, 6) is -0.496. The van der Waals surface area contributed by atoms with Crippen LogP contribution in [0.4, 0.5) is 4.39 Å². The fraction of sp³-hybridized carbons (Fsp3) is 0.550. The molecular weight excluding hydrogens is 363 g/mol. The van der Waals surface area contributed by atoms with Crippen molar-refractivity contribution in [2.45, 2.75) is 31.7 Å². The molecule has 2 N–H and O–H groups in total. The van der Waals surface area contributed by atoms with Crippen molar-refractivity contribution in [3.63, 3.8) is 0 Å². The summed E-state index contributed by atoms with van der Waals surface area (Å²) < 4.78 is 12.9. The van der Waals surface area contributed by atoms with Crippen molar-refractivity contribution < 1.29 is 18.8 Å². The van der Waals surface area contributed by atoms with Gasteiger partial charge in [0.15, 0.2) is 0 Å². The van der Waals surface area contributed by atoms with Gasteiger partial charge in [0.05, 0.1) is 6.54 Å². The zero-order chi connectivity index (χ0) is 19.9. The molecule has 2 aliphatic heterocycles. The molecule has 1 aromatic carbocycles. The monoisotopic (exact) mass is 390 g/mol. The molecule has 0 radical (unpaired) electrons. The number of piperidine rings is 1. The van der Waals surface area contributed by atoms with Crippen LogP contribution >= 0.6 is 0 Å². The molecular formula is C20H27FN4O3. The van der Waals surface area contributed by atoms with Crippen LogP contribution in [0.2, 0.25) is 0 Å². The lowest BCUT2D eigenvalue weighted by atomic mass is 10.0. The van der Waals surface area contributed by atoms with Crippen molar-refractivity contribution in [2.24, 2.45) is 0 Å². The molecule has 1 aromatic rings. The molecule has 8 heteroatoms. The molecule has 0 aliphatic carbocycles. The Morgan fingerprint density at radius 1 is 1.21 bits per heavy atom. The second-order valence-electron chi connectivity index (χ2n) is 7.27. The summed E-state index contributed by atoms with van der Waals surface area (Å²) in [7, 11) is 0. The Balaban J connectivity index is 1.40. The third-order valence-electron chi connectivity index (χ3n) is 5.28. The number of amides is 3. The summed E-state index contributed by atoms with van der Waals surface area (Å²) in [5.41, 5.74) is 0.396. The van der Waals surface area contributed by atoms with Crippen molar-refractivity contribution in [1.82, 2.24) is 20.4 Å². The van der Waals surface area contributed by atoms with Crippen molar-refractivity contribution in [3.05, 3.63) is 35.6 Å². The summed E-state index contributed by atoms with van der Waals surface area (Å²) in [6, 6.07) is 5.45. The first-order chi connectivity index (χ1) is 13.5. The number of benzene rings is 1. The standard InChI is InChI=1S/C20H27FN4O3/c21-16-7-5-15(6-8-16)20(28)23-9-1-4-18(26)24-11-2-3-17(14-24)25-12-10-22-13-19(25)27/h5-8,17,22H,1-4,9-14H2,(H,23,28). The van der Waals surface area contributed by atoms with Gasteiger partial charge in [0.1, 0.15) is 5.82 Å². The number of halogens is 1. The molecule has 2 fully saturated rings. The lowest BCUT2D eigenvalue weighted by molar-refractivity contribution is -0.140. The van der Waals surface area contributed by atoms with Crippen LogP contribution in [-0.2, 0) is 9.59 Å². The Kier molecular flexibility index (Phi) is 6.97. The van der Waals surface area contributed by atoms with Gasteiger partial charge in [-0.3, -0.25) is 14.4 Å². The third kappa shape index (κ3) is 5.28. The van der Waals surface area contributed by atoms with Crippen molar-refractivity contribution in [1.29, 1.82) is 0 Å². The van der Waals surface area contributed by atoms with Gasteiger partial charge in [-0.15, -0.1) is 0 Å². The van der Waals surface area contributed by atoms with E-state index in [1.165, 1.54) is 24.3 Å². The van der Waals surface area contributed by atoms with Gasteiger partial charge in [0.25, 0.3) is 5.91 Å². The van der Waals surface area contributed by atoms with Gasteiger partial charge in [0.2, 0.25) is 11.8 Å². The Bertz CT molecular complexity index is 710. The number of hydrogen-bond donors (Lipinski definition) is 2. The minimum Gasteiger partial charge on any atom is -0.352 e. The number of nitrogens with zero attached hydrogens (tertiary/aromatic N) is 2. The van der Waals surface area contributed by atoms with Gasteiger partial charge >= 0.3 is 0 Å². The Morgan fingerprint density at radius 3 is 2.75 bits per heavy atom. The minimum absolute atomic E-state index is 0.0586. The minimum atomic E-state index is -0.385. The van der Waals surface area contributed by atoms with Crippen LogP contribution in [0.3, 0.4) is 0 Å². The van der Waals surface area contributed by atoms with E-state index in [-0.39, 0.29) is 29.6 Å². The molecule has 7 nitrogen and oxygen atoms in total. The number of nitrogens with one attached hydrogen (secondary N) is 2. The Morgan fingerprint density at radius 2 is 2.00 bits per heavy atom. The van der Waals surface area contributed by atoms with Crippen molar-refractivity contribution >= 4 is 17.7 Å². The Labute approximate surface area is 164 Å². The van der Waals surface area contributed by atoms with Crippen LogP contribution < -0.4 is 10.6 Å². The number of carbonyl (C=O) groups is 3.